The van der Waals surface area contributed by atoms with Crippen LogP contribution in [-0.4, -0.2) is 55.2 Å². The molecule has 0 fully saturated rings. The zero-order chi connectivity index (χ0) is 22.9. The van der Waals surface area contributed by atoms with Crippen molar-refractivity contribution in [1.29, 1.82) is 0 Å². The zero-order valence-corrected chi connectivity index (χ0v) is 19.3. The monoisotopic (exact) mass is 429 g/mol. The summed E-state index contributed by atoms with van der Waals surface area (Å²) in [7, 11) is 5.89. The number of carbonyl (C=O) groups is 2. The number of carbonyl (C=O) groups excluding carboxylic acids is 1. The number of aliphatic carboxylic acids is 1. The van der Waals surface area contributed by atoms with Gasteiger partial charge in [-0.05, 0) is 42.5 Å². The minimum atomic E-state index is -0.935. The number of carboxylic acid groups (broad SMARTS) is 1. The molecule has 31 heavy (non-hydrogen) atoms. The van der Waals surface area contributed by atoms with Crippen LogP contribution in [0.2, 0.25) is 0 Å². The van der Waals surface area contributed by atoms with Crippen LogP contribution >= 0.6 is 0 Å². The lowest BCUT2D eigenvalue weighted by molar-refractivity contribution is -0.871. The van der Waals surface area contributed by atoms with E-state index in [0.29, 0.717) is 17.4 Å². The Morgan fingerprint density at radius 3 is 2.19 bits per heavy atom. The standard InChI is InChI=1S/C25H36N2O4/c1-5-6-7-8-19-9-11-20(12-10-19)13-14-22-15-16-23(31-22)25(30)26-21(17-24(28)29)18-27(2,3)4/h9-12,15-16,21H,5-8,13-14,17-18H2,1-4H3,(H-,26,28,29,30)/p+1/t21-/m1/s1. The number of unbranched alkanes of at least 4 members (excludes halogenated alkanes) is 2. The molecule has 0 saturated carbocycles. The van der Waals surface area contributed by atoms with Crippen LogP contribution in [0.3, 0.4) is 0 Å². The van der Waals surface area contributed by atoms with E-state index >= 15 is 0 Å². The first-order chi connectivity index (χ1) is 14.7. The molecule has 2 aromatic rings. The molecular weight excluding hydrogens is 392 g/mol. The molecule has 0 aliphatic carbocycles. The van der Waals surface area contributed by atoms with E-state index in [0.717, 1.165) is 18.6 Å². The van der Waals surface area contributed by atoms with Gasteiger partial charge in [0.15, 0.2) is 5.76 Å². The molecule has 1 heterocycles. The van der Waals surface area contributed by atoms with E-state index in [4.69, 9.17) is 9.52 Å². The van der Waals surface area contributed by atoms with Crippen molar-refractivity contribution in [1.82, 2.24) is 5.32 Å². The first kappa shape index (κ1) is 24.7. The molecule has 170 valence electrons. The lowest BCUT2D eigenvalue weighted by atomic mass is 10.0. The number of hydrogen-bond acceptors (Lipinski definition) is 3. The molecular formula is C25H37N2O4+. The molecule has 0 aliphatic rings. The number of furan rings is 1. The Kier molecular flexibility index (Phi) is 9.31. The van der Waals surface area contributed by atoms with Gasteiger partial charge >= 0.3 is 5.97 Å². The Morgan fingerprint density at radius 1 is 0.968 bits per heavy atom. The first-order valence-corrected chi connectivity index (χ1v) is 11.2. The number of quaternary nitrogens is 1. The quantitative estimate of drug-likeness (QED) is 0.371. The molecule has 1 aromatic heterocycles. The molecule has 0 aliphatic heterocycles. The summed E-state index contributed by atoms with van der Waals surface area (Å²) in [6.45, 7) is 2.73. The van der Waals surface area contributed by atoms with Gasteiger partial charge in [-0.3, -0.25) is 9.59 Å². The summed E-state index contributed by atoms with van der Waals surface area (Å²) >= 11 is 0. The van der Waals surface area contributed by atoms with Crippen molar-refractivity contribution in [3.63, 3.8) is 0 Å². The average Bonchev–Trinajstić information content (AvgIpc) is 3.15. The Bertz CT molecular complexity index is 834. The smallest absolute Gasteiger partial charge is 0.305 e. The molecule has 1 atom stereocenters. The highest BCUT2D eigenvalue weighted by Gasteiger charge is 2.24. The lowest BCUT2D eigenvalue weighted by Crippen LogP contribution is -2.49. The summed E-state index contributed by atoms with van der Waals surface area (Å²) < 4.78 is 6.28. The fourth-order valence-electron chi connectivity index (χ4n) is 3.64. The highest BCUT2D eigenvalue weighted by atomic mass is 16.4. The number of aryl methyl sites for hydroxylation is 3. The molecule has 6 nitrogen and oxygen atoms in total. The van der Waals surface area contributed by atoms with Gasteiger partial charge in [0.05, 0.1) is 40.2 Å². The van der Waals surface area contributed by atoms with Crippen LogP contribution in [0.15, 0.2) is 40.8 Å². The molecule has 1 aromatic carbocycles. The van der Waals surface area contributed by atoms with Crippen molar-refractivity contribution >= 4 is 11.9 Å². The summed E-state index contributed by atoms with van der Waals surface area (Å²) in [6.07, 6.45) is 6.28. The van der Waals surface area contributed by atoms with Gasteiger partial charge in [0.1, 0.15) is 5.76 Å². The van der Waals surface area contributed by atoms with Crippen LogP contribution in [0, 0.1) is 0 Å². The van der Waals surface area contributed by atoms with Gasteiger partial charge in [-0.25, -0.2) is 0 Å². The van der Waals surface area contributed by atoms with E-state index < -0.39 is 12.0 Å². The van der Waals surface area contributed by atoms with Crippen LogP contribution in [-0.2, 0) is 24.1 Å². The van der Waals surface area contributed by atoms with Crippen LogP contribution < -0.4 is 5.32 Å². The number of benzene rings is 1. The van der Waals surface area contributed by atoms with Crippen molar-refractivity contribution < 1.29 is 23.6 Å². The Balaban J connectivity index is 1.88. The zero-order valence-electron chi connectivity index (χ0n) is 19.3. The maximum absolute atomic E-state index is 12.6. The maximum Gasteiger partial charge on any atom is 0.305 e. The predicted molar refractivity (Wildman–Crippen MR) is 122 cm³/mol. The number of likely N-dealkylation sites (N-methyl/N-ethyl adjacent to an activating group) is 1. The SMILES string of the molecule is CCCCCc1ccc(CCc2ccc(C(=O)N[C@H](CC(=O)O)C[N+](C)(C)C)o2)cc1. The third-order valence-corrected chi connectivity index (χ3v) is 5.16. The minimum Gasteiger partial charge on any atom is -0.481 e. The summed E-state index contributed by atoms with van der Waals surface area (Å²) in [5, 5.41) is 11.9. The summed E-state index contributed by atoms with van der Waals surface area (Å²) in [5.41, 5.74) is 2.62. The highest BCUT2D eigenvalue weighted by Crippen LogP contribution is 2.14. The topological polar surface area (TPSA) is 79.5 Å². The number of hydrogen-bond donors (Lipinski definition) is 2. The van der Waals surface area contributed by atoms with E-state index in [-0.39, 0.29) is 18.1 Å². The van der Waals surface area contributed by atoms with Crippen LogP contribution in [0.5, 0.6) is 0 Å². The van der Waals surface area contributed by atoms with Gasteiger partial charge in [-0.15, -0.1) is 0 Å². The van der Waals surface area contributed by atoms with Gasteiger partial charge in [-0.1, -0.05) is 44.0 Å². The first-order valence-electron chi connectivity index (χ1n) is 11.2. The average molecular weight is 430 g/mol. The summed E-state index contributed by atoms with van der Waals surface area (Å²) in [6, 6.07) is 11.7. The van der Waals surface area contributed by atoms with Gasteiger partial charge in [-0.2, -0.15) is 0 Å². The maximum atomic E-state index is 12.6. The van der Waals surface area contributed by atoms with Crippen molar-refractivity contribution in [2.75, 3.05) is 27.7 Å². The number of rotatable bonds is 13. The normalized spacial score (nSPS) is 12.5. The van der Waals surface area contributed by atoms with Crippen molar-refractivity contribution in [3.8, 4) is 0 Å². The Labute approximate surface area is 185 Å². The third-order valence-electron chi connectivity index (χ3n) is 5.16. The van der Waals surface area contributed by atoms with Crippen molar-refractivity contribution in [2.45, 2.75) is 57.9 Å². The second kappa shape index (κ2) is 11.7. The second-order valence-electron chi connectivity index (χ2n) is 9.28. The van der Waals surface area contributed by atoms with E-state index in [1.165, 1.54) is 30.4 Å². The van der Waals surface area contributed by atoms with E-state index in [9.17, 15) is 9.59 Å². The summed E-state index contributed by atoms with van der Waals surface area (Å²) in [5.74, 6) is -0.339. The molecule has 0 spiro atoms. The summed E-state index contributed by atoms with van der Waals surface area (Å²) in [4.78, 5) is 23.7. The molecule has 1 amide bonds. The predicted octanol–water partition coefficient (Wildman–Crippen LogP) is 4.08. The largest absolute Gasteiger partial charge is 0.481 e. The number of nitrogens with one attached hydrogen (secondary N) is 1. The molecule has 0 unspecified atom stereocenters. The Hall–Kier alpha value is -2.60. The lowest BCUT2D eigenvalue weighted by Gasteiger charge is -2.28. The number of nitrogens with zero attached hydrogens (tertiary/aromatic N) is 1. The van der Waals surface area contributed by atoms with Crippen LogP contribution in [0.25, 0.3) is 0 Å². The molecule has 0 bridgehead atoms. The molecule has 0 saturated heterocycles. The second-order valence-corrected chi connectivity index (χ2v) is 9.28. The van der Waals surface area contributed by atoms with E-state index in [1.807, 2.05) is 27.2 Å². The van der Waals surface area contributed by atoms with Gasteiger partial charge < -0.3 is 19.3 Å². The van der Waals surface area contributed by atoms with Crippen molar-refractivity contribution in [3.05, 3.63) is 59.0 Å². The third kappa shape index (κ3) is 9.39. The van der Waals surface area contributed by atoms with Gasteiger partial charge in [0.2, 0.25) is 0 Å². The number of carboxylic acids is 1. The highest BCUT2D eigenvalue weighted by molar-refractivity contribution is 5.92. The van der Waals surface area contributed by atoms with Gasteiger partial charge in [0.25, 0.3) is 5.91 Å². The molecule has 2 N–H and O–H groups in total. The molecule has 0 radical (unpaired) electrons. The fraction of sp³-hybridized carbons (Fsp3) is 0.520. The molecule has 2 rings (SSSR count). The Morgan fingerprint density at radius 2 is 1.61 bits per heavy atom. The van der Waals surface area contributed by atoms with Gasteiger partial charge in [0, 0.05) is 6.42 Å². The minimum absolute atomic E-state index is 0.122. The van der Waals surface area contributed by atoms with Crippen LogP contribution in [0.1, 0.15) is 60.0 Å². The van der Waals surface area contributed by atoms with E-state index in [1.54, 1.807) is 6.07 Å². The van der Waals surface area contributed by atoms with Crippen LogP contribution in [0.4, 0.5) is 0 Å². The fourth-order valence-corrected chi connectivity index (χ4v) is 3.64. The van der Waals surface area contributed by atoms with Crippen molar-refractivity contribution in [2.24, 2.45) is 0 Å². The molecule has 6 heteroatoms. The van der Waals surface area contributed by atoms with E-state index in [2.05, 4.69) is 36.5 Å². The number of amides is 1.